The fraction of sp³-hybridized carbons (Fsp3) is 0.450. The van der Waals surface area contributed by atoms with Crippen LogP contribution in [0, 0.1) is 6.92 Å². The normalized spacial score (nSPS) is 13.1. The second-order valence-corrected chi connectivity index (χ2v) is 7.68. The highest BCUT2D eigenvalue weighted by Crippen LogP contribution is 2.27. The zero-order valence-electron chi connectivity index (χ0n) is 17.9. The lowest BCUT2D eigenvalue weighted by Gasteiger charge is -2.20. The van der Waals surface area contributed by atoms with Gasteiger partial charge in [-0.25, -0.2) is 4.79 Å². The Labute approximate surface area is 178 Å². The maximum atomic E-state index is 13.2. The molecule has 1 aromatic heterocycles. The molecule has 2 atom stereocenters. The fourth-order valence-corrected chi connectivity index (χ4v) is 2.99. The average molecular weight is 432 g/mol. The van der Waals surface area contributed by atoms with Gasteiger partial charge in [0.25, 0.3) is 6.01 Å². The van der Waals surface area contributed by atoms with E-state index in [1.54, 1.807) is 6.92 Å². The van der Waals surface area contributed by atoms with Gasteiger partial charge >= 0.3 is 5.63 Å². The van der Waals surface area contributed by atoms with Gasteiger partial charge in [0.2, 0.25) is 11.8 Å². The van der Waals surface area contributed by atoms with Crippen LogP contribution in [0.2, 0.25) is 0 Å². The minimum Gasteiger partial charge on any atom is -0.398 e. The molecule has 0 unspecified atom stereocenters. The molecule has 0 saturated carbocycles. The Kier molecular flexibility index (Phi) is 7.34. The van der Waals surface area contributed by atoms with Crippen LogP contribution in [0.3, 0.4) is 0 Å². The van der Waals surface area contributed by atoms with Gasteiger partial charge in [-0.2, -0.15) is 4.98 Å². The van der Waals surface area contributed by atoms with Crippen LogP contribution in [0.25, 0.3) is 10.9 Å². The Balaban J connectivity index is 2.57. The summed E-state index contributed by atoms with van der Waals surface area (Å²) in [6.07, 6.45) is -0.167. The zero-order valence-corrected chi connectivity index (χ0v) is 17.9. The summed E-state index contributed by atoms with van der Waals surface area (Å²) in [6.45, 7) is 6.73. The van der Waals surface area contributed by atoms with Gasteiger partial charge < -0.3 is 32.3 Å². The number of ketones is 1. The van der Waals surface area contributed by atoms with Crippen LogP contribution in [-0.4, -0.2) is 40.7 Å². The molecule has 1 aromatic carbocycles. The number of primary amides is 1. The van der Waals surface area contributed by atoms with Crippen LogP contribution in [0.4, 0.5) is 11.7 Å². The van der Waals surface area contributed by atoms with Crippen molar-refractivity contribution in [2.24, 2.45) is 11.5 Å². The standard InChI is InChI=1S/C20H28N6O5/c1-8(2)24-20-26-13-7-11(16(23)9(3)15(13)19(30)31-20)17(28)12(5-6-14(22)27)25-18(29)10(4)21/h7-8,10,12H,5-6,21,23H2,1-4H3,(H2,22,27)(H,24,26)(H,25,29)/t10-,12-/m0/s1. The molecule has 2 rings (SSSR count). The van der Waals surface area contributed by atoms with Crippen LogP contribution in [-0.2, 0) is 9.59 Å². The van der Waals surface area contributed by atoms with Crippen molar-refractivity contribution in [2.45, 2.75) is 58.7 Å². The average Bonchev–Trinajstić information content (AvgIpc) is 2.65. The molecule has 8 N–H and O–H groups in total. The summed E-state index contributed by atoms with van der Waals surface area (Å²) in [6, 6.07) is -0.618. The first kappa shape index (κ1) is 23.8. The van der Waals surface area contributed by atoms with Crippen LogP contribution >= 0.6 is 0 Å². The Morgan fingerprint density at radius 2 is 1.87 bits per heavy atom. The van der Waals surface area contributed by atoms with E-state index in [0.717, 1.165) is 0 Å². The lowest BCUT2D eigenvalue weighted by molar-refractivity contribution is -0.123. The van der Waals surface area contributed by atoms with Gasteiger partial charge in [0, 0.05) is 23.7 Å². The van der Waals surface area contributed by atoms with Crippen molar-refractivity contribution in [3.63, 3.8) is 0 Å². The second kappa shape index (κ2) is 9.56. The Hall–Kier alpha value is -3.47. The number of aryl methyl sites for hydroxylation is 1. The highest BCUT2D eigenvalue weighted by molar-refractivity contribution is 6.09. The van der Waals surface area contributed by atoms with Crippen molar-refractivity contribution in [3.05, 3.63) is 27.6 Å². The fourth-order valence-electron chi connectivity index (χ4n) is 2.99. The number of anilines is 2. The number of hydrogen-bond donors (Lipinski definition) is 5. The van der Waals surface area contributed by atoms with E-state index in [0.29, 0.717) is 5.56 Å². The lowest BCUT2D eigenvalue weighted by Crippen LogP contribution is -2.47. The van der Waals surface area contributed by atoms with Crippen LogP contribution in [0.15, 0.2) is 15.3 Å². The van der Waals surface area contributed by atoms with E-state index in [4.69, 9.17) is 21.6 Å². The molecule has 1 heterocycles. The number of aromatic nitrogens is 1. The van der Waals surface area contributed by atoms with Crippen molar-refractivity contribution in [2.75, 3.05) is 11.1 Å². The van der Waals surface area contributed by atoms with Crippen molar-refractivity contribution in [3.8, 4) is 0 Å². The summed E-state index contributed by atoms with van der Waals surface area (Å²) in [7, 11) is 0. The van der Waals surface area contributed by atoms with Gasteiger partial charge in [0.1, 0.15) is 0 Å². The van der Waals surface area contributed by atoms with E-state index in [-0.39, 0.29) is 47.1 Å². The largest absolute Gasteiger partial charge is 0.398 e. The molecule has 0 fully saturated rings. The maximum Gasteiger partial charge on any atom is 0.348 e. The Bertz CT molecular complexity index is 1080. The zero-order chi connectivity index (χ0) is 23.5. The molecule has 0 spiro atoms. The molecule has 0 saturated heterocycles. The van der Waals surface area contributed by atoms with Crippen molar-refractivity contribution in [1.82, 2.24) is 10.3 Å². The number of nitrogens with zero attached hydrogens (tertiary/aromatic N) is 1. The van der Waals surface area contributed by atoms with Gasteiger partial charge in [0.05, 0.1) is 23.0 Å². The highest BCUT2D eigenvalue weighted by atomic mass is 16.4. The van der Waals surface area contributed by atoms with E-state index < -0.39 is 35.3 Å². The van der Waals surface area contributed by atoms with Gasteiger partial charge in [-0.3, -0.25) is 14.4 Å². The third kappa shape index (κ3) is 5.57. The first-order valence-electron chi connectivity index (χ1n) is 9.81. The van der Waals surface area contributed by atoms with Gasteiger partial charge in [0.15, 0.2) is 5.78 Å². The number of Topliss-reactive ketones (excluding diaryl/α,β-unsaturated/α-hetero) is 1. The summed E-state index contributed by atoms with van der Waals surface area (Å²) < 4.78 is 5.19. The van der Waals surface area contributed by atoms with Crippen molar-refractivity contribution < 1.29 is 18.8 Å². The summed E-state index contributed by atoms with van der Waals surface area (Å²) in [5.41, 5.74) is 16.9. The highest BCUT2D eigenvalue weighted by Gasteiger charge is 2.27. The molecular formula is C20H28N6O5. The van der Waals surface area contributed by atoms with Crippen LogP contribution < -0.4 is 33.5 Å². The molecule has 0 aliphatic rings. The van der Waals surface area contributed by atoms with E-state index in [1.165, 1.54) is 13.0 Å². The monoisotopic (exact) mass is 432 g/mol. The quantitative estimate of drug-likeness (QED) is 0.271. The van der Waals surface area contributed by atoms with E-state index in [1.807, 2.05) is 13.8 Å². The molecule has 11 heteroatoms. The summed E-state index contributed by atoms with van der Waals surface area (Å²) in [5, 5.41) is 5.57. The molecule has 0 bridgehead atoms. The van der Waals surface area contributed by atoms with Gasteiger partial charge in [-0.15, -0.1) is 0 Å². The molecule has 31 heavy (non-hydrogen) atoms. The van der Waals surface area contributed by atoms with E-state index in [9.17, 15) is 19.2 Å². The third-order valence-corrected chi connectivity index (χ3v) is 4.63. The molecule has 2 amide bonds. The summed E-state index contributed by atoms with van der Waals surface area (Å²) in [5.74, 6) is -1.74. The van der Waals surface area contributed by atoms with Gasteiger partial charge in [-0.05, 0) is 45.7 Å². The number of carbonyl (C=O) groups excluding carboxylic acids is 3. The predicted molar refractivity (Wildman–Crippen MR) is 117 cm³/mol. The van der Waals surface area contributed by atoms with E-state index in [2.05, 4.69) is 15.6 Å². The van der Waals surface area contributed by atoms with Crippen LogP contribution in [0.5, 0.6) is 0 Å². The SMILES string of the molecule is Cc1c(N)c(C(=O)[C@H](CCC(N)=O)NC(=O)[C@H](C)N)cc2nc(NC(C)C)oc(=O)c12. The number of rotatable bonds is 9. The number of hydrogen-bond acceptors (Lipinski definition) is 9. The predicted octanol–water partition coefficient (Wildman–Crippen LogP) is 0.179. The van der Waals surface area contributed by atoms with Gasteiger partial charge in [-0.1, -0.05) is 0 Å². The number of amides is 2. The van der Waals surface area contributed by atoms with E-state index >= 15 is 0 Å². The number of nitrogens with one attached hydrogen (secondary N) is 2. The Morgan fingerprint density at radius 3 is 2.42 bits per heavy atom. The molecule has 11 nitrogen and oxygen atoms in total. The Morgan fingerprint density at radius 1 is 1.23 bits per heavy atom. The molecule has 0 aliphatic carbocycles. The summed E-state index contributed by atoms with van der Waals surface area (Å²) in [4.78, 5) is 53.3. The summed E-state index contributed by atoms with van der Waals surface area (Å²) >= 11 is 0. The van der Waals surface area contributed by atoms with Crippen molar-refractivity contribution >= 4 is 40.2 Å². The molecule has 0 aliphatic heterocycles. The maximum absolute atomic E-state index is 13.2. The number of carbonyl (C=O) groups is 3. The van der Waals surface area contributed by atoms with Crippen LogP contribution in [0.1, 0.15) is 49.5 Å². The first-order chi connectivity index (χ1) is 14.4. The number of nitrogen functional groups attached to an aromatic ring is 1. The number of benzene rings is 1. The molecule has 168 valence electrons. The molecule has 0 radical (unpaired) electrons. The second-order valence-electron chi connectivity index (χ2n) is 7.68. The molecule has 2 aromatic rings. The lowest BCUT2D eigenvalue weighted by atomic mass is 9.94. The topological polar surface area (TPSA) is 196 Å². The minimum atomic E-state index is -1.08. The smallest absolute Gasteiger partial charge is 0.348 e. The third-order valence-electron chi connectivity index (χ3n) is 4.63. The number of nitrogens with two attached hydrogens (primary N) is 3. The molecular weight excluding hydrogens is 404 g/mol. The minimum absolute atomic E-state index is 0.00519. The number of fused-ring (bicyclic) bond motifs is 1. The van der Waals surface area contributed by atoms with Crippen molar-refractivity contribution in [1.29, 1.82) is 0 Å². The first-order valence-corrected chi connectivity index (χ1v) is 9.81.